The minimum Gasteiger partial charge on any atom is -0.478 e. The Morgan fingerprint density at radius 3 is 2.95 bits per heavy atom. The molecule has 1 aliphatic rings. The van der Waals surface area contributed by atoms with Crippen LogP contribution in [0.15, 0.2) is 6.07 Å². The third-order valence-corrected chi connectivity index (χ3v) is 4.75. The molecule has 4 nitrogen and oxygen atoms in total. The molecule has 0 aromatic carbocycles. The van der Waals surface area contributed by atoms with E-state index in [-0.39, 0.29) is 6.04 Å². The van der Waals surface area contributed by atoms with E-state index in [0.29, 0.717) is 11.4 Å². The van der Waals surface area contributed by atoms with Crippen LogP contribution in [0.4, 0.5) is 5.82 Å². The molecule has 1 atom stereocenters. The summed E-state index contributed by atoms with van der Waals surface area (Å²) in [5.41, 5.74) is 2.49. The number of aryl methyl sites for hydroxylation is 2. The van der Waals surface area contributed by atoms with Gasteiger partial charge in [-0.05, 0) is 62.2 Å². The average Bonchev–Trinajstić information content (AvgIpc) is 2.46. The molecule has 116 valence electrons. The highest BCUT2D eigenvalue weighted by Crippen LogP contribution is 2.25. The molecule has 0 saturated carbocycles. The fourth-order valence-corrected chi connectivity index (χ4v) is 3.43. The summed E-state index contributed by atoms with van der Waals surface area (Å²) in [5.74, 6) is 1.84. The minimum atomic E-state index is -0.895. The fourth-order valence-electron chi connectivity index (χ4n) is 2.62. The number of nitrogens with one attached hydrogen (secondary N) is 1. The number of carbonyl (C=O) groups is 1. The number of pyridine rings is 1. The van der Waals surface area contributed by atoms with Crippen LogP contribution >= 0.6 is 11.8 Å². The Kier molecular flexibility index (Phi) is 5.91. The zero-order chi connectivity index (χ0) is 15.2. The van der Waals surface area contributed by atoms with Gasteiger partial charge in [-0.3, -0.25) is 0 Å². The van der Waals surface area contributed by atoms with Crippen molar-refractivity contribution in [2.24, 2.45) is 0 Å². The van der Waals surface area contributed by atoms with E-state index in [1.165, 1.54) is 0 Å². The third-order valence-electron chi connectivity index (χ3n) is 3.81. The second-order valence-corrected chi connectivity index (χ2v) is 6.93. The summed E-state index contributed by atoms with van der Waals surface area (Å²) in [6.07, 6.45) is 5.20. The molecule has 0 aliphatic heterocycles. The highest BCUT2D eigenvalue weighted by molar-refractivity contribution is 7.99. The number of fused-ring (bicyclic) bond motifs is 1. The Balaban J connectivity index is 2.14. The Morgan fingerprint density at radius 2 is 2.24 bits per heavy atom. The summed E-state index contributed by atoms with van der Waals surface area (Å²) in [7, 11) is 0. The smallest absolute Gasteiger partial charge is 0.339 e. The number of carboxylic acid groups (broad SMARTS) is 1. The van der Waals surface area contributed by atoms with Crippen LogP contribution in [0.25, 0.3) is 0 Å². The molecule has 1 aromatic heterocycles. The maximum atomic E-state index is 11.5. The Labute approximate surface area is 130 Å². The van der Waals surface area contributed by atoms with Crippen LogP contribution in [-0.4, -0.2) is 33.6 Å². The lowest BCUT2D eigenvalue weighted by atomic mass is 9.94. The van der Waals surface area contributed by atoms with Gasteiger partial charge in [0.05, 0.1) is 0 Å². The second-order valence-electron chi connectivity index (χ2n) is 5.53. The molecule has 0 bridgehead atoms. The van der Waals surface area contributed by atoms with Gasteiger partial charge in [0.15, 0.2) is 0 Å². The summed E-state index contributed by atoms with van der Waals surface area (Å²) in [4.78, 5) is 16.1. The van der Waals surface area contributed by atoms with Gasteiger partial charge in [-0.1, -0.05) is 6.92 Å². The summed E-state index contributed by atoms with van der Waals surface area (Å²) in [6.45, 7) is 4.24. The zero-order valence-corrected chi connectivity index (χ0v) is 13.6. The molecule has 0 saturated heterocycles. The largest absolute Gasteiger partial charge is 0.478 e. The molecule has 2 N–H and O–H groups in total. The number of rotatable bonds is 7. The van der Waals surface area contributed by atoms with E-state index in [1.807, 2.05) is 17.8 Å². The highest BCUT2D eigenvalue weighted by atomic mass is 32.2. The van der Waals surface area contributed by atoms with E-state index in [1.54, 1.807) is 0 Å². The fraction of sp³-hybridized carbons (Fsp3) is 0.625. The number of hydrogen-bond donors (Lipinski definition) is 2. The molecule has 1 aliphatic carbocycles. The summed E-state index contributed by atoms with van der Waals surface area (Å²) in [5, 5.41) is 12.7. The summed E-state index contributed by atoms with van der Waals surface area (Å²) < 4.78 is 0. The first-order chi connectivity index (χ1) is 10.1. The van der Waals surface area contributed by atoms with E-state index in [2.05, 4.69) is 24.1 Å². The Hall–Kier alpha value is -1.23. The quantitative estimate of drug-likeness (QED) is 0.754. The maximum absolute atomic E-state index is 11.5. The van der Waals surface area contributed by atoms with Crippen LogP contribution in [0.1, 0.15) is 54.7 Å². The van der Waals surface area contributed by atoms with E-state index >= 15 is 0 Å². The van der Waals surface area contributed by atoms with Gasteiger partial charge in [-0.15, -0.1) is 0 Å². The molecule has 5 heteroatoms. The van der Waals surface area contributed by atoms with E-state index < -0.39 is 5.97 Å². The SMILES string of the molecule is CCSCCC(C)Nc1nc2c(cc1C(=O)O)CCCC2. The van der Waals surface area contributed by atoms with Gasteiger partial charge in [0.1, 0.15) is 11.4 Å². The lowest BCUT2D eigenvalue weighted by molar-refractivity contribution is 0.0697. The van der Waals surface area contributed by atoms with E-state index in [0.717, 1.165) is 54.9 Å². The number of carboxylic acids is 1. The second kappa shape index (κ2) is 7.69. The molecule has 1 unspecified atom stereocenters. The van der Waals surface area contributed by atoms with Gasteiger partial charge in [0.2, 0.25) is 0 Å². The third kappa shape index (κ3) is 4.37. The van der Waals surface area contributed by atoms with Crippen molar-refractivity contribution < 1.29 is 9.90 Å². The van der Waals surface area contributed by atoms with Crippen LogP contribution in [0.3, 0.4) is 0 Å². The van der Waals surface area contributed by atoms with Crippen LogP contribution in [0.5, 0.6) is 0 Å². The Bertz CT molecular complexity index is 505. The zero-order valence-electron chi connectivity index (χ0n) is 12.8. The topological polar surface area (TPSA) is 62.2 Å². The lowest BCUT2D eigenvalue weighted by Crippen LogP contribution is -2.21. The number of anilines is 1. The molecular weight excluding hydrogens is 284 g/mol. The minimum absolute atomic E-state index is 0.233. The molecule has 1 heterocycles. The van der Waals surface area contributed by atoms with Crippen LogP contribution in [-0.2, 0) is 12.8 Å². The number of nitrogens with zero attached hydrogens (tertiary/aromatic N) is 1. The predicted octanol–water partition coefficient (Wildman–Crippen LogP) is 3.60. The predicted molar refractivity (Wildman–Crippen MR) is 88.5 cm³/mol. The van der Waals surface area contributed by atoms with Crippen LogP contribution < -0.4 is 5.32 Å². The van der Waals surface area contributed by atoms with Gasteiger partial charge < -0.3 is 10.4 Å². The molecular formula is C16H24N2O2S. The van der Waals surface area contributed by atoms with Gasteiger partial charge in [0, 0.05) is 11.7 Å². The van der Waals surface area contributed by atoms with Crippen LogP contribution in [0, 0.1) is 0 Å². The normalized spacial score (nSPS) is 15.3. The van der Waals surface area contributed by atoms with Gasteiger partial charge in [0.25, 0.3) is 0 Å². The van der Waals surface area contributed by atoms with Crippen molar-refractivity contribution >= 4 is 23.5 Å². The maximum Gasteiger partial charge on any atom is 0.339 e. The number of thioether (sulfide) groups is 1. The molecule has 0 radical (unpaired) electrons. The van der Waals surface area contributed by atoms with Crippen molar-refractivity contribution in [1.82, 2.24) is 4.98 Å². The molecule has 1 aromatic rings. The molecule has 0 fully saturated rings. The number of hydrogen-bond acceptors (Lipinski definition) is 4. The first kappa shape index (κ1) is 16.1. The molecule has 2 rings (SSSR count). The van der Waals surface area contributed by atoms with Gasteiger partial charge in [-0.2, -0.15) is 11.8 Å². The highest BCUT2D eigenvalue weighted by Gasteiger charge is 2.19. The van der Waals surface area contributed by atoms with Crippen molar-refractivity contribution in [1.29, 1.82) is 0 Å². The summed E-state index contributed by atoms with van der Waals surface area (Å²) in [6, 6.07) is 2.05. The van der Waals surface area contributed by atoms with Gasteiger partial charge in [-0.25, -0.2) is 9.78 Å². The number of aromatic nitrogens is 1. The van der Waals surface area contributed by atoms with Crippen LogP contribution in [0.2, 0.25) is 0 Å². The van der Waals surface area contributed by atoms with Crippen molar-refractivity contribution in [3.63, 3.8) is 0 Å². The lowest BCUT2D eigenvalue weighted by Gasteiger charge is -2.20. The average molecular weight is 308 g/mol. The molecule has 0 spiro atoms. The van der Waals surface area contributed by atoms with Crippen molar-refractivity contribution in [3.05, 3.63) is 22.9 Å². The molecule has 0 amide bonds. The first-order valence-electron chi connectivity index (χ1n) is 7.72. The summed E-state index contributed by atoms with van der Waals surface area (Å²) >= 11 is 1.90. The molecule has 21 heavy (non-hydrogen) atoms. The monoisotopic (exact) mass is 308 g/mol. The van der Waals surface area contributed by atoms with E-state index in [9.17, 15) is 9.90 Å². The first-order valence-corrected chi connectivity index (χ1v) is 8.87. The standard InChI is InChI=1S/C16H24N2O2S/c1-3-21-9-8-11(2)17-15-13(16(19)20)10-12-6-4-5-7-14(12)18-15/h10-11H,3-9H2,1-2H3,(H,17,18)(H,19,20). The number of aromatic carboxylic acids is 1. The van der Waals surface area contributed by atoms with Crippen molar-refractivity contribution in [2.75, 3.05) is 16.8 Å². The Morgan fingerprint density at radius 1 is 1.48 bits per heavy atom. The van der Waals surface area contributed by atoms with Crippen molar-refractivity contribution in [3.8, 4) is 0 Å². The van der Waals surface area contributed by atoms with Crippen molar-refractivity contribution in [2.45, 2.75) is 52.0 Å². The van der Waals surface area contributed by atoms with Gasteiger partial charge >= 0.3 is 5.97 Å². The van der Waals surface area contributed by atoms with E-state index in [4.69, 9.17) is 0 Å².